The second-order valence-corrected chi connectivity index (χ2v) is 3.66. The van der Waals surface area contributed by atoms with Gasteiger partial charge in [-0.2, -0.15) is 0 Å². The zero-order valence-corrected chi connectivity index (χ0v) is 8.05. The molecule has 1 aliphatic carbocycles. The molecule has 0 aromatic heterocycles. The van der Waals surface area contributed by atoms with Crippen LogP contribution >= 0.6 is 0 Å². The lowest BCUT2D eigenvalue weighted by Crippen LogP contribution is -2.16. The minimum atomic E-state index is -0.779. The molecule has 0 saturated heterocycles. The van der Waals surface area contributed by atoms with E-state index in [0.717, 1.165) is 31.3 Å². The molecule has 3 N–H and O–H groups in total. The van der Waals surface area contributed by atoms with Gasteiger partial charge in [0.05, 0.1) is 0 Å². The van der Waals surface area contributed by atoms with Crippen molar-refractivity contribution in [3.63, 3.8) is 0 Å². The summed E-state index contributed by atoms with van der Waals surface area (Å²) in [7, 11) is 0. The molecule has 3 nitrogen and oxygen atoms in total. The Bertz CT molecular complexity index is 233. The third-order valence-corrected chi connectivity index (χ3v) is 2.49. The maximum Gasteiger partial charge on any atom is 0.331 e. The van der Waals surface area contributed by atoms with Gasteiger partial charge < -0.3 is 10.8 Å². The van der Waals surface area contributed by atoms with Crippen LogP contribution in [0.1, 0.15) is 39.0 Å². The number of aliphatic carboxylic acids is 1. The van der Waals surface area contributed by atoms with Crippen molar-refractivity contribution in [2.75, 3.05) is 0 Å². The topological polar surface area (TPSA) is 63.3 Å². The molecule has 0 aromatic carbocycles. The van der Waals surface area contributed by atoms with Crippen LogP contribution in [-0.4, -0.2) is 17.1 Å². The first kappa shape index (κ1) is 10.3. The normalized spacial score (nSPS) is 22.5. The number of carbonyl (C=O) groups is 1. The summed E-state index contributed by atoms with van der Waals surface area (Å²) in [6.07, 6.45) is 4.41. The molecule has 0 aliphatic heterocycles. The van der Waals surface area contributed by atoms with Gasteiger partial charge in [0.25, 0.3) is 0 Å². The van der Waals surface area contributed by atoms with Gasteiger partial charge in [0, 0.05) is 11.6 Å². The number of carboxylic acids is 1. The molecule has 3 heteroatoms. The Morgan fingerprint density at radius 2 is 2.31 bits per heavy atom. The molecule has 1 atom stereocenters. The third kappa shape index (κ3) is 2.56. The van der Waals surface area contributed by atoms with Crippen LogP contribution in [0.2, 0.25) is 0 Å². The van der Waals surface area contributed by atoms with Gasteiger partial charge in [0.2, 0.25) is 0 Å². The molecule has 0 heterocycles. The summed E-state index contributed by atoms with van der Waals surface area (Å²) in [6, 6.07) is 0.0398. The van der Waals surface area contributed by atoms with Crippen LogP contribution in [0.3, 0.4) is 0 Å². The van der Waals surface area contributed by atoms with Crippen LogP contribution in [0.25, 0.3) is 0 Å². The van der Waals surface area contributed by atoms with Crippen molar-refractivity contribution in [1.29, 1.82) is 0 Å². The van der Waals surface area contributed by atoms with Gasteiger partial charge in [0.1, 0.15) is 0 Å². The minimum absolute atomic E-state index is 0.0398. The fourth-order valence-electron chi connectivity index (χ4n) is 1.80. The number of rotatable bonds is 4. The van der Waals surface area contributed by atoms with Crippen molar-refractivity contribution >= 4 is 5.97 Å². The summed E-state index contributed by atoms with van der Waals surface area (Å²) < 4.78 is 0. The van der Waals surface area contributed by atoms with Crippen molar-refractivity contribution < 1.29 is 9.90 Å². The SMILES string of the molecule is CCCCC1=C(C(=O)O)CC(N)C1. The summed E-state index contributed by atoms with van der Waals surface area (Å²) in [4.78, 5) is 10.8. The number of unbranched alkanes of at least 4 members (excludes halogenated alkanes) is 1. The molecule has 0 radical (unpaired) electrons. The van der Waals surface area contributed by atoms with E-state index in [4.69, 9.17) is 10.8 Å². The predicted octanol–water partition coefficient (Wildman–Crippen LogP) is 1.68. The Morgan fingerprint density at radius 1 is 1.62 bits per heavy atom. The van der Waals surface area contributed by atoms with E-state index >= 15 is 0 Å². The van der Waals surface area contributed by atoms with E-state index in [2.05, 4.69) is 6.92 Å². The lowest BCUT2D eigenvalue weighted by atomic mass is 10.1. The Balaban J connectivity index is 2.64. The first-order valence-electron chi connectivity index (χ1n) is 4.85. The molecule has 0 amide bonds. The molecule has 74 valence electrons. The van der Waals surface area contributed by atoms with Crippen molar-refractivity contribution in [2.45, 2.75) is 45.1 Å². The molecule has 1 unspecified atom stereocenters. The average Bonchev–Trinajstić information content (AvgIpc) is 2.43. The quantitative estimate of drug-likeness (QED) is 0.697. The highest BCUT2D eigenvalue weighted by Gasteiger charge is 2.24. The summed E-state index contributed by atoms with van der Waals surface area (Å²) >= 11 is 0. The third-order valence-electron chi connectivity index (χ3n) is 2.49. The molecule has 0 saturated carbocycles. The monoisotopic (exact) mass is 183 g/mol. The van der Waals surface area contributed by atoms with Crippen LogP contribution in [0, 0.1) is 0 Å². The van der Waals surface area contributed by atoms with Crippen LogP contribution in [-0.2, 0) is 4.79 Å². The first-order valence-corrected chi connectivity index (χ1v) is 4.85. The lowest BCUT2D eigenvalue weighted by Gasteiger charge is -2.02. The van der Waals surface area contributed by atoms with Crippen LogP contribution in [0.4, 0.5) is 0 Å². The Morgan fingerprint density at radius 3 is 2.85 bits per heavy atom. The molecule has 0 spiro atoms. The number of nitrogens with two attached hydrogens (primary N) is 1. The number of carboxylic acid groups (broad SMARTS) is 1. The largest absolute Gasteiger partial charge is 0.478 e. The van der Waals surface area contributed by atoms with Gasteiger partial charge in [-0.25, -0.2) is 4.79 Å². The fourth-order valence-corrected chi connectivity index (χ4v) is 1.80. The Hall–Kier alpha value is -0.830. The van der Waals surface area contributed by atoms with E-state index in [1.807, 2.05) is 0 Å². The van der Waals surface area contributed by atoms with Crippen molar-refractivity contribution in [2.24, 2.45) is 5.73 Å². The second-order valence-electron chi connectivity index (χ2n) is 3.66. The lowest BCUT2D eigenvalue weighted by molar-refractivity contribution is -0.132. The van der Waals surface area contributed by atoms with E-state index in [0.29, 0.717) is 12.0 Å². The van der Waals surface area contributed by atoms with E-state index in [9.17, 15) is 4.79 Å². The van der Waals surface area contributed by atoms with E-state index in [1.165, 1.54) is 0 Å². The highest BCUT2D eigenvalue weighted by molar-refractivity contribution is 5.88. The molecule has 0 fully saturated rings. The molecule has 0 aromatic rings. The number of hydrogen-bond acceptors (Lipinski definition) is 2. The number of hydrogen-bond donors (Lipinski definition) is 2. The van der Waals surface area contributed by atoms with Crippen LogP contribution < -0.4 is 5.73 Å². The van der Waals surface area contributed by atoms with Crippen molar-refractivity contribution in [1.82, 2.24) is 0 Å². The van der Waals surface area contributed by atoms with Crippen molar-refractivity contribution in [3.05, 3.63) is 11.1 Å². The van der Waals surface area contributed by atoms with Crippen LogP contribution in [0.15, 0.2) is 11.1 Å². The molecule has 0 bridgehead atoms. The van der Waals surface area contributed by atoms with E-state index < -0.39 is 5.97 Å². The van der Waals surface area contributed by atoms with Gasteiger partial charge in [-0.05, 0) is 25.7 Å². The molecular weight excluding hydrogens is 166 g/mol. The summed E-state index contributed by atoms with van der Waals surface area (Å²) in [5.41, 5.74) is 7.36. The molecule has 1 rings (SSSR count). The summed E-state index contributed by atoms with van der Waals surface area (Å²) in [5, 5.41) is 8.89. The van der Waals surface area contributed by atoms with Gasteiger partial charge in [-0.3, -0.25) is 0 Å². The van der Waals surface area contributed by atoms with Crippen molar-refractivity contribution in [3.8, 4) is 0 Å². The van der Waals surface area contributed by atoms with Gasteiger partial charge in [-0.15, -0.1) is 0 Å². The standard InChI is InChI=1S/C10H17NO2/c1-2-3-4-7-5-8(11)6-9(7)10(12)13/h8H,2-6,11H2,1H3,(H,12,13). The molecular formula is C10H17NO2. The zero-order chi connectivity index (χ0) is 9.84. The summed E-state index contributed by atoms with van der Waals surface area (Å²) in [6.45, 7) is 2.11. The van der Waals surface area contributed by atoms with Gasteiger partial charge >= 0.3 is 5.97 Å². The first-order chi connectivity index (χ1) is 6.15. The molecule has 1 aliphatic rings. The highest BCUT2D eigenvalue weighted by atomic mass is 16.4. The zero-order valence-electron chi connectivity index (χ0n) is 8.05. The maximum absolute atomic E-state index is 10.8. The van der Waals surface area contributed by atoms with E-state index in [1.54, 1.807) is 0 Å². The van der Waals surface area contributed by atoms with Gasteiger partial charge in [-0.1, -0.05) is 18.9 Å². The highest BCUT2D eigenvalue weighted by Crippen LogP contribution is 2.29. The van der Waals surface area contributed by atoms with Crippen LogP contribution in [0.5, 0.6) is 0 Å². The molecule has 13 heavy (non-hydrogen) atoms. The van der Waals surface area contributed by atoms with E-state index in [-0.39, 0.29) is 6.04 Å². The predicted molar refractivity (Wildman–Crippen MR) is 51.4 cm³/mol. The fraction of sp³-hybridized carbons (Fsp3) is 0.700. The Kier molecular flexibility index (Phi) is 3.48. The minimum Gasteiger partial charge on any atom is -0.478 e. The summed E-state index contributed by atoms with van der Waals surface area (Å²) in [5.74, 6) is -0.779. The Labute approximate surface area is 78.6 Å². The average molecular weight is 183 g/mol. The van der Waals surface area contributed by atoms with Gasteiger partial charge in [0.15, 0.2) is 0 Å². The second kappa shape index (κ2) is 4.42. The maximum atomic E-state index is 10.8. The smallest absolute Gasteiger partial charge is 0.331 e.